The van der Waals surface area contributed by atoms with Crippen molar-refractivity contribution in [3.63, 3.8) is 0 Å². The van der Waals surface area contributed by atoms with Crippen LogP contribution >= 0.6 is 0 Å². The van der Waals surface area contributed by atoms with Gasteiger partial charge in [-0.15, -0.1) is 0 Å². The molecule has 136 valence electrons. The molecule has 2 aromatic heterocycles. The second kappa shape index (κ2) is 7.05. The Labute approximate surface area is 158 Å². The van der Waals surface area contributed by atoms with E-state index >= 15 is 0 Å². The normalized spacial score (nSPS) is 15.6. The monoisotopic (exact) mass is 358 g/mol. The van der Waals surface area contributed by atoms with Gasteiger partial charge in [-0.2, -0.15) is 0 Å². The van der Waals surface area contributed by atoms with E-state index in [1.54, 1.807) is 6.26 Å². The molecule has 0 bridgehead atoms. The smallest absolute Gasteiger partial charge is 0.176 e. The highest BCUT2D eigenvalue weighted by atomic mass is 16.5. The van der Waals surface area contributed by atoms with E-state index in [1.807, 2.05) is 18.3 Å². The first-order valence-corrected chi connectivity index (χ1v) is 9.53. The molecule has 2 aromatic carbocycles. The number of pyridine rings is 1. The Morgan fingerprint density at radius 3 is 2.70 bits per heavy atom. The molecule has 1 fully saturated rings. The maximum absolute atomic E-state index is 6.20. The van der Waals surface area contributed by atoms with Crippen LogP contribution in [0, 0.1) is 0 Å². The average molecular weight is 358 g/mol. The van der Waals surface area contributed by atoms with E-state index in [9.17, 15) is 0 Å². The van der Waals surface area contributed by atoms with E-state index in [0.717, 1.165) is 42.7 Å². The van der Waals surface area contributed by atoms with E-state index in [4.69, 9.17) is 9.15 Å². The molecule has 1 aliphatic heterocycles. The lowest BCUT2D eigenvalue weighted by atomic mass is 10.1. The maximum atomic E-state index is 6.20. The molecule has 0 atom stereocenters. The van der Waals surface area contributed by atoms with E-state index in [0.29, 0.717) is 12.7 Å². The highest BCUT2D eigenvalue weighted by Crippen LogP contribution is 2.28. The second-order valence-corrected chi connectivity index (χ2v) is 7.15. The number of anilines is 1. The number of piperidine rings is 1. The Kier molecular flexibility index (Phi) is 4.26. The summed E-state index contributed by atoms with van der Waals surface area (Å²) in [6, 6.07) is 19.0. The Bertz CT molecular complexity index is 1060. The minimum atomic E-state index is 0.295. The quantitative estimate of drug-likeness (QED) is 0.505. The predicted molar refractivity (Wildman–Crippen MR) is 108 cm³/mol. The molecule has 0 unspecified atom stereocenters. The van der Waals surface area contributed by atoms with Gasteiger partial charge in [0.15, 0.2) is 11.4 Å². The third kappa shape index (κ3) is 3.28. The van der Waals surface area contributed by atoms with Crippen LogP contribution in [0.15, 0.2) is 71.5 Å². The average Bonchev–Trinajstić information content (AvgIpc) is 3.21. The van der Waals surface area contributed by atoms with Gasteiger partial charge in [-0.25, -0.2) is 4.98 Å². The Balaban J connectivity index is 1.21. The standard InChI is InChI=1S/C23H22N2O2/c1-2-4-20-15-17(5-6-18(20)3-1)16-27-21-8-12-25(13-9-21)23-22-19(7-11-24-23)10-14-26-22/h1-7,10-11,14-15,21H,8-9,12-13,16H2. The molecule has 0 aliphatic carbocycles. The number of benzene rings is 2. The van der Waals surface area contributed by atoms with Gasteiger partial charge >= 0.3 is 0 Å². The zero-order valence-electron chi connectivity index (χ0n) is 15.2. The first-order chi connectivity index (χ1) is 13.4. The third-order valence-corrected chi connectivity index (χ3v) is 5.39. The number of rotatable bonds is 4. The summed E-state index contributed by atoms with van der Waals surface area (Å²) in [6.45, 7) is 2.55. The van der Waals surface area contributed by atoms with Crippen LogP contribution in [0.4, 0.5) is 5.82 Å². The summed E-state index contributed by atoms with van der Waals surface area (Å²) in [7, 11) is 0. The van der Waals surface area contributed by atoms with Gasteiger partial charge in [0.25, 0.3) is 0 Å². The number of aromatic nitrogens is 1. The second-order valence-electron chi connectivity index (χ2n) is 7.15. The third-order valence-electron chi connectivity index (χ3n) is 5.39. The molecule has 27 heavy (non-hydrogen) atoms. The zero-order valence-corrected chi connectivity index (χ0v) is 15.2. The van der Waals surface area contributed by atoms with Gasteiger partial charge in [0.2, 0.25) is 0 Å². The lowest BCUT2D eigenvalue weighted by Crippen LogP contribution is -2.37. The molecule has 0 spiro atoms. The molecule has 4 aromatic rings. The van der Waals surface area contributed by atoms with Crippen molar-refractivity contribution in [1.29, 1.82) is 0 Å². The molecule has 5 rings (SSSR count). The Hall–Kier alpha value is -2.85. The Morgan fingerprint density at radius 2 is 1.81 bits per heavy atom. The van der Waals surface area contributed by atoms with Crippen LogP contribution in [0.5, 0.6) is 0 Å². The number of nitrogens with zero attached hydrogens (tertiary/aromatic N) is 2. The molecule has 0 N–H and O–H groups in total. The van der Waals surface area contributed by atoms with E-state index in [1.165, 1.54) is 16.3 Å². The number of hydrogen-bond donors (Lipinski definition) is 0. The molecule has 4 nitrogen and oxygen atoms in total. The summed E-state index contributed by atoms with van der Waals surface area (Å²) in [4.78, 5) is 6.85. The molecule has 0 radical (unpaired) electrons. The molecule has 0 saturated carbocycles. The summed E-state index contributed by atoms with van der Waals surface area (Å²) in [5.74, 6) is 0.950. The van der Waals surface area contributed by atoms with Crippen molar-refractivity contribution < 1.29 is 9.15 Å². The highest BCUT2D eigenvalue weighted by Gasteiger charge is 2.22. The van der Waals surface area contributed by atoms with Crippen LogP contribution in [0.25, 0.3) is 21.7 Å². The fourth-order valence-corrected chi connectivity index (χ4v) is 3.88. The summed E-state index contributed by atoms with van der Waals surface area (Å²) in [5.41, 5.74) is 2.12. The molecule has 3 heterocycles. The van der Waals surface area contributed by atoms with Crippen LogP contribution in [-0.2, 0) is 11.3 Å². The topological polar surface area (TPSA) is 38.5 Å². The van der Waals surface area contributed by atoms with Gasteiger partial charge in [-0.3, -0.25) is 0 Å². The van der Waals surface area contributed by atoms with Crippen LogP contribution in [0.1, 0.15) is 18.4 Å². The van der Waals surface area contributed by atoms with Crippen molar-refractivity contribution in [3.8, 4) is 0 Å². The first-order valence-electron chi connectivity index (χ1n) is 9.53. The molecule has 1 saturated heterocycles. The summed E-state index contributed by atoms with van der Waals surface area (Å²) in [6.07, 6.45) is 5.90. The van der Waals surface area contributed by atoms with E-state index in [-0.39, 0.29) is 0 Å². The lowest BCUT2D eigenvalue weighted by molar-refractivity contribution is 0.0251. The highest BCUT2D eigenvalue weighted by molar-refractivity contribution is 5.87. The number of ether oxygens (including phenoxy) is 1. The Morgan fingerprint density at radius 1 is 0.963 bits per heavy atom. The van der Waals surface area contributed by atoms with Crippen molar-refractivity contribution in [2.75, 3.05) is 18.0 Å². The first kappa shape index (κ1) is 16.3. The minimum Gasteiger partial charge on any atom is -0.460 e. The molecule has 0 amide bonds. The number of hydrogen-bond acceptors (Lipinski definition) is 4. The summed E-state index contributed by atoms with van der Waals surface area (Å²) in [5, 5.41) is 3.65. The van der Waals surface area contributed by atoms with Gasteiger partial charge in [-0.1, -0.05) is 36.4 Å². The van der Waals surface area contributed by atoms with Crippen LogP contribution in [0.3, 0.4) is 0 Å². The fraction of sp³-hybridized carbons (Fsp3) is 0.261. The van der Waals surface area contributed by atoms with Gasteiger partial charge in [0.05, 0.1) is 19.0 Å². The maximum Gasteiger partial charge on any atom is 0.176 e. The SMILES string of the molecule is c1ccc2cc(COC3CCN(c4nccc5ccoc45)CC3)ccc2c1. The van der Waals surface area contributed by atoms with Crippen LogP contribution in [-0.4, -0.2) is 24.2 Å². The fourth-order valence-electron chi connectivity index (χ4n) is 3.88. The van der Waals surface area contributed by atoms with Crippen LogP contribution < -0.4 is 4.90 Å². The summed E-state index contributed by atoms with van der Waals surface area (Å²) < 4.78 is 11.8. The minimum absolute atomic E-state index is 0.295. The van der Waals surface area contributed by atoms with Gasteiger partial charge in [0.1, 0.15) is 0 Å². The van der Waals surface area contributed by atoms with Crippen molar-refractivity contribution in [2.45, 2.75) is 25.6 Å². The van der Waals surface area contributed by atoms with E-state index in [2.05, 4.69) is 52.3 Å². The number of fused-ring (bicyclic) bond motifs is 2. The summed E-state index contributed by atoms with van der Waals surface area (Å²) >= 11 is 0. The molecule has 4 heteroatoms. The van der Waals surface area contributed by atoms with Crippen LogP contribution in [0.2, 0.25) is 0 Å². The van der Waals surface area contributed by atoms with Crippen molar-refractivity contribution in [2.24, 2.45) is 0 Å². The van der Waals surface area contributed by atoms with Gasteiger partial charge in [0, 0.05) is 24.7 Å². The molecular weight excluding hydrogens is 336 g/mol. The molecular formula is C23H22N2O2. The van der Waals surface area contributed by atoms with Crippen molar-refractivity contribution in [3.05, 3.63) is 72.6 Å². The predicted octanol–water partition coefficient (Wildman–Crippen LogP) is 5.17. The zero-order chi connectivity index (χ0) is 18.1. The van der Waals surface area contributed by atoms with Gasteiger partial charge in [-0.05, 0) is 47.4 Å². The van der Waals surface area contributed by atoms with Crippen molar-refractivity contribution >= 4 is 27.6 Å². The molecule has 1 aliphatic rings. The lowest BCUT2D eigenvalue weighted by Gasteiger charge is -2.32. The van der Waals surface area contributed by atoms with Crippen molar-refractivity contribution in [1.82, 2.24) is 4.98 Å². The van der Waals surface area contributed by atoms with E-state index < -0.39 is 0 Å². The van der Waals surface area contributed by atoms with Gasteiger partial charge < -0.3 is 14.1 Å². The number of furan rings is 1. The largest absolute Gasteiger partial charge is 0.460 e.